The second-order valence-corrected chi connectivity index (χ2v) is 8.39. The van der Waals surface area contributed by atoms with Crippen molar-refractivity contribution in [2.45, 2.75) is 39.8 Å². The quantitative estimate of drug-likeness (QED) is 0.577. The highest BCUT2D eigenvalue weighted by molar-refractivity contribution is 5.88. The van der Waals surface area contributed by atoms with Gasteiger partial charge < -0.3 is 9.72 Å². The number of fused-ring (bicyclic) bond motifs is 1. The summed E-state index contributed by atoms with van der Waals surface area (Å²) in [6.45, 7) is 12.5. The maximum atomic E-state index is 13.1. The lowest BCUT2D eigenvalue weighted by atomic mass is 9.98. The van der Waals surface area contributed by atoms with Gasteiger partial charge in [0, 0.05) is 54.9 Å². The minimum Gasteiger partial charge on any atom is -0.496 e. The van der Waals surface area contributed by atoms with Crippen LogP contribution in [0.3, 0.4) is 0 Å². The molecule has 1 N–H and O–H groups in total. The number of ether oxygens (including phenoxy) is 1. The molecule has 31 heavy (non-hydrogen) atoms. The second-order valence-electron chi connectivity index (χ2n) is 8.39. The first kappa shape index (κ1) is 23.2. The van der Waals surface area contributed by atoms with E-state index in [-0.39, 0.29) is 12.6 Å². The zero-order valence-corrected chi connectivity index (χ0v) is 18.9. The van der Waals surface area contributed by atoms with Crippen molar-refractivity contribution in [2.24, 2.45) is 0 Å². The van der Waals surface area contributed by atoms with Crippen molar-refractivity contribution >= 4 is 10.9 Å². The molecule has 1 aliphatic rings. The number of rotatable bonds is 8. The molecule has 168 valence electrons. The second kappa shape index (κ2) is 10.2. The van der Waals surface area contributed by atoms with Gasteiger partial charge in [0.05, 0.1) is 13.7 Å². The van der Waals surface area contributed by atoms with E-state index in [0.29, 0.717) is 26.2 Å². The van der Waals surface area contributed by atoms with Gasteiger partial charge in [-0.25, -0.2) is 8.78 Å². The van der Waals surface area contributed by atoms with Gasteiger partial charge in [0.25, 0.3) is 6.43 Å². The summed E-state index contributed by atoms with van der Waals surface area (Å²) in [4.78, 5) is 7.53. The van der Waals surface area contributed by atoms with Gasteiger partial charge in [0.1, 0.15) is 5.75 Å². The number of nitrogens with zero attached hydrogens (tertiary/aromatic N) is 2. The number of piperazine rings is 1. The van der Waals surface area contributed by atoms with Gasteiger partial charge in [0.2, 0.25) is 0 Å². The highest BCUT2D eigenvalue weighted by Crippen LogP contribution is 2.33. The molecule has 1 saturated heterocycles. The van der Waals surface area contributed by atoms with E-state index in [9.17, 15) is 8.78 Å². The lowest BCUT2D eigenvalue weighted by molar-refractivity contribution is 0.0358. The van der Waals surface area contributed by atoms with Crippen molar-refractivity contribution in [3.8, 4) is 5.75 Å². The smallest absolute Gasteiger partial charge is 0.251 e. The third kappa shape index (κ3) is 5.43. The lowest BCUT2D eigenvalue weighted by Gasteiger charge is -2.42. The van der Waals surface area contributed by atoms with Crippen LogP contribution in [0.1, 0.15) is 25.0 Å². The number of benzene rings is 1. The third-order valence-electron chi connectivity index (χ3n) is 5.89. The van der Waals surface area contributed by atoms with Crippen LogP contribution in [0.25, 0.3) is 10.9 Å². The predicted octanol–water partition coefficient (Wildman–Crippen LogP) is 5.31. The first-order chi connectivity index (χ1) is 14.8. The van der Waals surface area contributed by atoms with Gasteiger partial charge in [-0.05, 0) is 44.0 Å². The maximum absolute atomic E-state index is 13.1. The van der Waals surface area contributed by atoms with Crippen molar-refractivity contribution in [1.29, 1.82) is 0 Å². The fourth-order valence-electron chi connectivity index (χ4n) is 4.31. The molecule has 6 heteroatoms. The largest absolute Gasteiger partial charge is 0.496 e. The average molecular weight is 430 g/mol. The summed E-state index contributed by atoms with van der Waals surface area (Å²) < 4.78 is 31.9. The Kier molecular flexibility index (Phi) is 7.68. The van der Waals surface area contributed by atoms with E-state index in [1.807, 2.05) is 31.0 Å². The highest BCUT2D eigenvalue weighted by atomic mass is 19.3. The number of halogens is 2. The Morgan fingerprint density at radius 2 is 2.10 bits per heavy atom. The number of alkyl halides is 2. The van der Waals surface area contributed by atoms with Crippen molar-refractivity contribution in [2.75, 3.05) is 33.3 Å². The standard InChI is InChI=1S/C25H33F2N3O/c1-6-19(8-7-17(2)3)22-15-29(16-24(26)27)11-12-30(22)14-21-20-9-10-28-25(20)18(4)13-23(21)31-5/h6-10,13,22,24,28H,1,11-12,14-16H2,2-5H3/b19-8+. The summed E-state index contributed by atoms with van der Waals surface area (Å²) in [5, 5.41) is 1.14. The monoisotopic (exact) mass is 429 g/mol. The Bertz CT molecular complexity index is 973. The molecule has 1 aromatic carbocycles. The zero-order valence-electron chi connectivity index (χ0n) is 18.9. The molecular weight excluding hydrogens is 396 g/mol. The van der Waals surface area contributed by atoms with Crippen molar-refractivity contribution in [3.63, 3.8) is 0 Å². The summed E-state index contributed by atoms with van der Waals surface area (Å²) in [7, 11) is 1.69. The van der Waals surface area contributed by atoms with E-state index >= 15 is 0 Å². The van der Waals surface area contributed by atoms with Crippen LogP contribution in [0.5, 0.6) is 5.75 Å². The lowest BCUT2D eigenvalue weighted by Crippen LogP contribution is -2.54. The van der Waals surface area contributed by atoms with Crippen molar-refractivity contribution < 1.29 is 13.5 Å². The molecule has 0 amide bonds. The molecule has 3 rings (SSSR count). The summed E-state index contributed by atoms with van der Waals surface area (Å²) in [6, 6.07) is 4.11. The van der Waals surface area contributed by atoms with Gasteiger partial charge >= 0.3 is 0 Å². The molecule has 1 aromatic heterocycles. The van der Waals surface area contributed by atoms with Crippen LogP contribution in [0, 0.1) is 6.92 Å². The van der Waals surface area contributed by atoms with Crippen LogP contribution in [0.2, 0.25) is 0 Å². The Balaban J connectivity index is 1.98. The molecule has 2 aromatic rings. The van der Waals surface area contributed by atoms with Gasteiger partial charge in [-0.3, -0.25) is 9.80 Å². The van der Waals surface area contributed by atoms with E-state index in [4.69, 9.17) is 4.74 Å². The molecule has 1 atom stereocenters. The first-order valence-electron chi connectivity index (χ1n) is 10.7. The zero-order chi connectivity index (χ0) is 22.5. The van der Waals surface area contributed by atoms with Crippen molar-refractivity contribution in [1.82, 2.24) is 14.8 Å². The Morgan fingerprint density at radius 3 is 2.74 bits per heavy atom. The molecule has 1 fully saturated rings. The van der Waals surface area contributed by atoms with Gasteiger partial charge in [-0.2, -0.15) is 0 Å². The van der Waals surface area contributed by atoms with Gasteiger partial charge in [0.15, 0.2) is 0 Å². The third-order valence-corrected chi connectivity index (χ3v) is 5.89. The number of aryl methyl sites for hydroxylation is 1. The normalized spacial score (nSPS) is 18.5. The number of methoxy groups -OCH3 is 1. The van der Waals surface area contributed by atoms with Crippen molar-refractivity contribution in [3.05, 3.63) is 65.4 Å². The summed E-state index contributed by atoms with van der Waals surface area (Å²) in [5.41, 5.74) is 5.57. The van der Waals surface area contributed by atoms with Crippen LogP contribution in [0.4, 0.5) is 8.78 Å². The van der Waals surface area contributed by atoms with E-state index in [2.05, 4.69) is 47.7 Å². The average Bonchev–Trinajstić information content (AvgIpc) is 3.21. The molecule has 4 nitrogen and oxygen atoms in total. The summed E-state index contributed by atoms with van der Waals surface area (Å²) in [6.07, 6.45) is 5.57. The van der Waals surface area contributed by atoms with Crippen LogP contribution >= 0.6 is 0 Å². The molecule has 0 radical (unpaired) electrons. The fraction of sp³-hybridized carbons (Fsp3) is 0.440. The van der Waals surface area contributed by atoms with Crippen LogP contribution in [-0.4, -0.2) is 60.5 Å². The molecule has 0 spiro atoms. The number of aromatic nitrogens is 1. The number of H-pyrrole nitrogens is 1. The number of nitrogens with one attached hydrogen (secondary N) is 1. The molecule has 0 saturated carbocycles. The maximum Gasteiger partial charge on any atom is 0.251 e. The Hall–Kier alpha value is -2.44. The molecule has 2 heterocycles. The SMILES string of the molecule is C=C/C(=C\C=C(C)C)C1CN(CC(F)F)CCN1Cc1c(OC)cc(C)c2[nH]ccc12. The summed E-state index contributed by atoms with van der Waals surface area (Å²) >= 11 is 0. The van der Waals surface area contributed by atoms with Crippen LogP contribution in [-0.2, 0) is 6.54 Å². The predicted molar refractivity (Wildman–Crippen MR) is 124 cm³/mol. The minimum atomic E-state index is -2.34. The topological polar surface area (TPSA) is 31.5 Å². The molecular formula is C25H33F2N3O. The van der Waals surface area contributed by atoms with Gasteiger partial charge in [-0.15, -0.1) is 0 Å². The van der Waals surface area contributed by atoms with E-state index in [0.717, 1.165) is 33.4 Å². The van der Waals surface area contributed by atoms with E-state index in [1.54, 1.807) is 7.11 Å². The number of allylic oxidation sites excluding steroid dienone is 3. The number of aromatic amines is 1. The molecule has 0 bridgehead atoms. The number of hydrogen-bond acceptors (Lipinski definition) is 3. The van der Waals surface area contributed by atoms with Gasteiger partial charge in [-0.1, -0.05) is 30.4 Å². The molecule has 1 aliphatic heterocycles. The highest BCUT2D eigenvalue weighted by Gasteiger charge is 2.31. The van der Waals surface area contributed by atoms with E-state index < -0.39 is 6.43 Å². The first-order valence-corrected chi connectivity index (χ1v) is 10.7. The molecule has 1 unspecified atom stereocenters. The van der Waals surface area contributed by atoms with E-state index in [1.165, 1.54) is 5.57 Å². The molecule has 0 aliphatic carbocycles. The number of hydrogen-bond donors (Lipinski definition) is 1. The Morgan fingerprint density at radius 1 is 1.32 bits per heavy atom. The summed E-state index contributed by atoms with van der Waals surface area (Å²) in [5.74, 6) is 0.854. The minimum absolute atomic E-state index is 0.0272. The van der Waals surface area contributed by atoms with Crippen LogP contribution < -0.4 is 4.74 Å². The Labute approximate surface area is 183 Å². The fourth-order valence-corrected chi connectivity index (χ4v) is 4.31. The van der Waals surface area contributed by atoms with Crippen LogP contribution in [0.15, 0.2) is 54.3 Å².